The lowest BCUT2D eigenvalue weighted by atomic mass is 10.2. The third-order valence-corrected chi connectivity index (χ3v) is 3.66. The van der Waals surface area contributed by atoms with Crippen LogP contribution in [0, 0.1) is 0 Å². The number of hydrogen-bond acceptors (Lipinski definition) is 2. The Morgan fingerprint density at radius 1 is 1.50 bits per heavy atom. The van der Waals surface area contributed by atoms with Crippen molar-refractivity contribution in [2.75, 3.05) is 25.1 Å². The third-order valence-electron chi connectivity index (χ3n) is 3.02. The van der Waals surface area contributed by atoms with Gasteiger partial charge in [0.05, 0.1) is 6.10 Å². The number of ether oxygens (including phenoxy) is 1. The van der Waals surface area contributed by atoms with Crippen LogP contribution in [0.3, 0.4) is 0 Å². The molecule has 1 atom stereocenters. The van der Waals surface area contributed by atoms with Crippen LogP contribution in [0.15, 0.2) is 18.2 Å². The Bertz CT molecular complexity index is 370. The maximum atomic E-state index is 6.14. The van der Waals surface area contributed by atoms with Crippen LogP contribution in [0.2, 0.25) is 5.02 Å². The van der Waals surface area contributed by atoms with Crippen molar-refractivity contribution in [2.45, 2.75) is 18.4 Å². The van der Waals surface area contributed by atoms with E-state index in [0.717, 1.165) is 35.8 Å². The molecule has 1 heterocycles. The Balaban J connectivity index is 2.13. The van der Waals surface area contributed by atoms with E-state index in [0.29, 0.717) is 12.0 Å². The average Bonchev–Trinajstić information content (AvgIpc) is 2.77. The van der Waals surface area contributed by atoms with E-state index < -0.39 is 0 Å². The molecule has 1 aromatic carbocycles. The molecule has 88 valence electrons. The van der Waals surface area contributed by atoms with E-state index in [-0.39, 0.29) is 0 Å². The van der Waals surface area contributed by atoms with Gasteiger partial charge in [0, 0.05) is 36.8 Å². The highest BCUT2D eigenvalue weighted by molar-refractivity contribution is 6.32. The zero-order valence-corrected chi connectivity index (χ0v) is 10.8. The van der Waals surface area contributed by atoms with Gasteiger partial charge in [0.2, 0.25) is 0 Å². The second-order valence-corrected chi connectivity index (χ2v) is 4.68. The maximum Gasteiger partial charge on any atom is 0.0762 e. The minimum Gasteiger partial charge on any atom is -0.380 e. The first-order valence-electron chi connectivity index (χ1n) is 5.36. The second kappa shape index (κ2) is 5.26. The zero-order valence-electron chi connectivity index (χ0n) is 9.25. The van der Waals surface area contributed by atoms with E-state index in [9.17, 15) is 0 Å². The van der Waals surface area contributed by atoms with Crippen LogP contribution in [-0.2, 0) is 10.6 Å². The topological polar surface area (TPSA) is 12.5 Å². The number of hydrogen-bond donors (Lipinski definition) is 0. The highest BCUT2D eigenvalue weighted by atomic mass is 35.5. The largest absolute Gasteiger partial charge is 0.380 e. The molecule has 1 aliphatic heterocycles. The average molecular weight is 260 g/mol. The molecule has 1 saturated heterocycles. The minimum absolute atomic E-state index is 0.339. The van der Waals surface area contributed by atoms with Gasteiger partial charge >= 0.3 is 0 Å². The summed E-state index contributed by atoms with van der Waals surface area (Å²) in [4.78, 5) is 2.29. The van der Waals surface area contributed by atoms with E-state index in [2.05, 4.69) is 11.0 Å². The van der Waals surface area contributed by atoms with E-state index in [4.69, 9.17) is 27.9 Å². The minimum atomic E-state index is 0.339. The van der Waals surface area contributed by atoms with Gasteiger partial charge in [0.25, 0.3) is 0 Å². The van der Waals surface area contributed by atoms with Gasteiger partial charge in [-0.1, -0.05) is 17.7 Å². The lowest BCUT2D eigenvalue weighted by Crippen LogP contribution is -2.22. The molecule has 0 saturated carbocycles. The molecule has 0 bridgehead atoms. The fourth-order valence-electron chi connectivity index (χ4n) is 2.00. The lowest BCUT2D eigenvalue weighted by molar-refractivity contribution is 0.121. The molecule has 0 spiro atoms. The summed E-state index contributed by atoms with van der Waals surface area (Å²) in [6, 6.07) is 6.05. The molecule has 1 fully saturated rings. The van der Waals surface area contributed by atoms with Crippen LogP contribution in [-0.4, -0.2) is 26.3 Å². The quantitative estimate of drug-likeness (QED) is 0.773. The van der Waals surface area contributed by atoms with Crippen molar-refractivity contribution in [2.24, 2.45) is 0 Å². The van der Waals surface area contributed by atoms with Gasteiger partial charge in [-0.05, 0) is 24.1 Å². The fourth-order valence-corrected chi connectivity index (χ4v) is 2.54. The molecule has 1 aliphatic rings. The smallest absolute Gasteiger partial charge is 0.0762 e. The molecular weight excluding hydrogens is 245 g/mol. The Kier molecular flexibility index (Phi) is 3.95. The van der Waals surface area contributed by atoms with Crippen LogP contribution in [0.4, 0.5) is 5.69 Å². The van der Waals surface area contributed by atoms with Gasteiger partial charge < -0.3 is 9.64 Å². The first-order valence-corrected chi connectivity index (χ1v) is 6.28. The fraction of sp³-hybridized carbons (Fsp3) is 0.500. The Labute approximate surface area is 106 Å². The molecule has 0 radical (unpaired) electrons. The highest BCUT2D eigenvalue weighted by Crippen LogP contribution is 2.27. The molecule has 0 aromatic heterocycles. The van der Waals surface area contributed by atoms with Gasteiger partial charge in [0.1, 0.15) is 0 Å². The first kappa shape index (κ1) is 12.0. The van der Waals surface area contributed by atoms with Gasteiger partial charge in [-0.15, -0.1) is 11.6 Å². The molecular formula is C12H15Cl2NO. The van der Waals surface area contributed by atoms with Gasteiger partial charge in [-0.3, -0.25) is 0 Å². The zero-order chi connectivity index (χ0) is 11.5. The predicted octanol–water partition coefficient (Wildman–Crippen LogP) is 3.30. The monoisotopic (exact) mass is 259 g/mol. The summed E-state index contributed by atoms with van der Waals surface area (Å²) in [6.07, 6.45) is 1.41. The van der Waals surface area contributed by atoms with Crippen molar-refractivity contribution in [1.29, 1.82) is 0 Å². The molecule has 0 N–H and O–H groups in total. The highest BCUT2D eigenvalue weighted by Gasteiger charge is 2.22. The summed E-state index contributed by atoms with van der Waals surface area (Å²) < 4.78 is 5.34. The molecule has 1 unspecified atom stereocenters. The van der Waals surface area contributed by atoms with Gasteiger partial charge in [-0.2, -0.15) is 0 Å². The molecule has 0 aliphatic carbocycles. The molecule has 1 aromatic rings. The Morgan fingerprint density at radius 3 is 2.88 bits per heavy atom. The second-order valence-electron chi connectivity index (χ2n) is 4.00. The van der Waals surface area contributed by atoms with Crippen LogP contribution >= 0.6 is 23.2 Å². The van der Waals surface area contributed by atoms with E-state index in [1.165, 1.54) is 0 Å². The van der Waals surface area contributed by atoms with Crippen molar-refractivity contribution in [3.8, 4) is 0 Å². The summed E-state index contributed by atoms with van der Waals surface area (Å²) in [5.74, 6) is 0.458. The molecule has 16 heavy (non-hydrogen) atoms. The van der Waals surface area contributed by atoms with E-state index in [1.807, 2.05) is 12.1 Å². The van der Waals surface area contributed by atoms with E-state index >= 15 is 0 Å². The lowest BCUT2D eigenvalue weighted by Gasteiger charge is -2.19. The molecule has 0 amide bonds. The third kappa shape index (κ3) is 2.45. The standard InChI is InChI=1S/C12H15Cl2NO/c1-16-11-4-5-15(8-11)10-3-2-9(7-13)12(14)6-10/h2-3,6,11H,4-5,7-8H2,1H3. The Morgan fingerprint density at radius 2 is 2.31 bits per heavy atom. The van der Waals surface area contributed by atoms with Crippen LogP contribution in [0.25, 0.3) is 0 Å². The number of nitrogens with zero attached hydrogens (tertiary/aromatic N) is 1. The van der Waals surface area contributed by atoms with Crippen molar-refractivity contribution in [1.82, 2.24) is 0 Å². The predicted molar refractivity (Wildman–Crippen MR) is 68.6 cm³/mol. The van der Waals surface area contributed by atoms with Crippen molar-refractivity contribution in [3.63, 3.8) is 0 Å². The summed E-state index contributed by atoms with van der Waals surface area (Å²) >= 11 is 11.9. The number of halogens is 2. The summed E-state index contributed by atoms with van der Waals surface area (Å²) in [5.41, 5.74) is 2.13. The van der Waals surface area contributed by atoms with Crippen LogP contribution < -0.4 is 4.90 Å². The summed E-state index contributed by atoms with van der Waals surface area (Å²) in [7, 11) is 1.76. The van der Waals surface area contributed by atoms with Crippen molar-refractivity contribution in [3.05, 3.63) is 28.8 Å². The van der Waals surface area contributed by atoms with Crippen molar-refractivity contribution >= 4 is 28.9 Å². The number of rotatable bonds is 3. The number of benzene rings is 1. The summed E-state index contributed by atoms with van der Waals surface area (Å²) in [6.45, 7) is 1.96. The first-order chi connectivity index (χ1) is 7.74. The maximum absolute atomic E-state index is 6.14. The number of anilines is 1. The summed E-state index contributed by atoms with van der Waals surface area (Å²) in [5, 5.41) is 0.744. The number of alkyl halides is 1. The van der Waals surface area contributed by atoms with Gasteiger partial charge in [0.15, 0.2) is 0 Å². The molecule has 2 rings (SSSR count). The van der Waals surface area contributed by atoms with Crippen LogP contribution in [0.5, 0.6) is 0 Å². The number of methoxy groups -OCH3 is 1. The molecule has 4 heteroatoms. The Hall–Kier alpha value is -0.440. The van der Waals surface area contributed by atoms with Gasteiger partial charge in [-0.25, -0.2) is 0 Å². The molecule has 2 nitrogen and oxygen atoms in total. The van der Waals surface area contributed by atoms with Crippen LogP contribution in [0.1, 0.15) is 12.0 Å². The SMILES string of the molecule is COC1CCN(c2ccc(CCl)c(Cl)c2)C1. The normalized spacial score (nSPS) is 20.4. The van der Waals surface area contributed by atoms with Crippen molar-refractivity contribution < 1.29 is 4.74 Å². The van der Waals surface area contributed by atoms with E-state index in [1.54, 1.807) is 7.11 Å².